The molecule has 3 N–H and O–H groups in total. The van der Waals surface area contributed by atoms with Gasteiger partial charge in [0.1, 0.15) is 0 Å². The Balaban J connectivity index is 2.24. The number of amides is 2. The molecule has 0 atom stereocenters. The molecule has 3 rings (SSSR count). The molecule has 0 unspecified atom stereocenters. The number of hydrogen-bond donors (Lipinski definition) is 2. The van der Waals surface area contributed by atoms with Crippen molar-refractivity contribution in [2.45, 2.75) is 18.7 Å². The molecule has 0 saturated heterocycles. The third-order valence-electron chi connectivity index (χ3n) is 4.03. The van der Waals surface area contributed by atoms with E-state index in [1.165, 1.54) is 10.2 Å². The van der Waals surface area contributed by atoms with Gasteiger partial charge in [0.2, 0.25) is 0 Å². The first-order valence-electron chi connectivity index (χ1n) is 7.93. The maximum Gasteiger partial charge on any atom is 0.332 e. The van der Waals surface area contributed by atoms with E-state index < -0.39 is 16.1 Å². The summed E-state index contributed by atoms with van der Waals surface area (Å²) in [5.41, 5.74) is 9.68. The van der Waals surface area contributed by atoms with Crippen molar-refractivity contribution in [3.8, 4) is 0 Å². The number of nitrogens with zero attached hydrogens (tertiary/aromatic N) is 2. The predicted octanol–water partition coefficient (Wildman–Crippen LogP) is 3.34. The topological polar surface area (TPSA) is 107 Å². The number of hydrogen-bond acceptors (Lipinski definition) is 4. The van der Waals surface area contributed by atoms with Crippen LogP contribution < -0.4 is 11.2 Å². The monoisotopic (exact) mass is 448 g/mol. The van der Waals surface area contributed by atoms with Crippen LogP contribution in [0.1, 0.15) is 18.1 Å². The highest BCUT2D eigenvalue weighted by atomic mass is 79.9. The molecular formula is C18H17BrN4O3S. The Kier molecular flexibility index (Phi) is 5.07. The molecule has 2 aromatic carbocycles. The minimum absolute atomic E-state index is 0.185. The lowest BCUT2D eigenvalue weighted by molar-refractivity contribution is 0.249. The van der Waals surface area contributed by atoms with Crippen molar-refractivity contribution in [3.05, 3.63) is 64.3 Å². The number of urea groups is 1. The van der Waals surface area contributed by atoms with Gasteiger partial charge >= 0.3 is 6.03 Å². The van der Waals surface area contributed by atoms with Gasteiger partial charge in [0, 0.05) is 21.6 Å². The largest absolute Gasteiger partial charge is 0.350 e. The number of aromatic nitrogens is 1. The van der Waals surface area contributed by atoms with E-state index in [4.69, 9.17) is 5.73 Å². The smallest absolute Gasteiger partial charge is 0.332 e. The summed E-state index contributed by atoms with van der Waals surface area (Å²) in [5.74, 6) is 0. The fraction of sp³-hybridized carbons (Fsp3) is 0.111. The number of carbonyl (C=O) groups is 1. The van der Waals surface area contributed by atoms with Gasteiger partial charge in [-0.05, 0) is 44.2 Å². The van der Waals surface area contributed by atoms with Crippen molar-refractivity contribution in [2.75, 3.05) is 0 Å². The van der Waals surface area contributed by atoms with Crippen LogP contribution in [0.15, 0.2) is 63.1 Å². The second-order valence-electron chi connectivity index (χ2n) is 5.99. The van der Waals surface area contributed by atoms with E-state index in [0.717, 1.165) is 10.0 Å². The zero-order valence-electron chi connectivity index (χ0n) is 14.6. The normalized spacial score (nSPS) is 12.3. The van der Waals surface area contributed by atoms with E-state index in [1.807, 2.05) is 6.92 Å². The van der Waals surface area contributed by atoms with Crippen LogP contribution in [0.25, 0.3) is 10.9 Å². The number of fused-ring (bicyclic) bond motifs is 1. The van der Waals surface area contributed by atoms with Crippen LogP contribution in [0, 0.1) is 6.92 Å². The van der Waals surface area contributed by atoms with Gasteiger partial charge in [-0.3, -0.25) is 0 Å². The number of rotatable bonds is 4. The third kappa shape index (κ3) is 3.74. The lowest BCUT2D eigenvalue weighted by Crippen LogP contribution is -2.25. The lowest BCUT2D eigenvalue weighted by atomic mass is 10.1. The van der Waals surface area contributed by atoms with E-state index in [1.54, 1.807) is 49.4 Å². The molecule has 0 bridgehead atoms. The number of benzene rings is 2. The second-order valence-corrected chi connectivity index (χ2v) is 8.72. The highest BCUT2D eigenvalue weighted by Crippen LogP contribution is 2.29. The average molecular weight is 449 g/mol. The molecule has 1 heterocycles. The standard InChI is InChI=1S/C18H17BrN4O3S/c1-11-3-6-14(7-4-11)27(25,26)23-10-16(12(2)21-22-18(20)24)15-9-13(19)5-8-17(15)23/h3-10H,1-2H3,(H3,20,22,24)/b21-12-. The van der Waals surface area contributed by atoms with Crippen LogP contribution in [0.5, 0.6) is 0 Å². The zero-order valence-corrected chi connectivity index (χ0v) is 17.0. The van der Waals surface area contributed by atoms with Crippen LogP contribution in [0.2, 0.25) is 0 Å². The van der Waals surface area contributed by atoms with Crippen molar-refractivity contribution >= 4 is 48.6 Å². The van der Waals surface area contributed by atoms with Crippen LogP contribution in [0.3, 0.4) is 0 Å². The molecule has 27 heavy (non-hydrogen) atoms. The quantitative estimate of drug-likeness (QED) is 0.471. The summed E-state index contributed by atoms with van der Waals surface area (Å²) in [6.45, 7) is 3.55. The number of nitrogens with one attached hydrogen (secondary N) is 1. The average Bonchev–Trinajstić information content (AvgIpc) is 2.99. The molecule has 0 aliphatic carbocycles. The molecule has 0 saturated carbocycles. The number of hydrazone groups is 1. The molecule has 9 heteroatoms. The van der Waals surface area contributed by atoms with Gasteiger partial charge in [0.15, 0.2) is 0 Å². The Hall–Kier alpha value is -2.65. The Bertz CT molecular complexity index is 1170. The summed E-state index contributed by atoms with van der Waals surface area (Å²) in [4.78, 5) is 11.1. The number of halogens is 1. The van der Waals surface area contributed by atoms with Gasteiger partial charge < -0.3 is 5.73 Å². The summed E-state index contributed by atoms with van der Waals surface area (Å²) >= 11 is 3.40. The van der Waals surface area contributed by atoms with Gasteiger partial charge in [0.05, 0.1) is 16.1 Å². The molecule has 0 aliphatic rings. The van der Waals surface area contributed by atoms with Crippen molar-refractivity contribution < 1.29 is 13.2 Å². The molecule has 2 amide bonds. The lowest BCUT2D eigenvalue weighted by Gasteiger charge is -2.08. The first-order chi connectivity index (χ1) is 12.7. The van der Waals surface area contributed by atoms with Gasteiger partial charge in [-0.25, -0.2) is 22.6 Å². The van der Waals surface area contributed by atoms with Crippen molar-refractivity contribution in [1.29, 1.82) is 0 Å². The molecular weight excluding hydrogens is 432 g/mol. The molecule has 0 radical (unpaired) electrons. The zero-order chi connectivity index (χ0) is 19.8. The van der Waals surface area contributed by atoms with Crippen LogP contribution in [-0.4, -0.2) is 24.1 Å². The Morgan fingerprint density at radius 3 is 2.48 bits per heavy atom. The number of aryl methyl sites for hydroxylation is 1. The Morgan fingerprint density at radius 2 is 1.85 bits per heavy atom. The molecule has 1 aromatic heterocycles. The van der Waals surface area contributed by atoms with Gasteiger partial charge in [-0.1, -0.05) is 33.6 Å². The second kappa shape index (κ2) is 7.16. The summed E-state index contributed by atoms with van der Waals surface area (Å²) < 4.78 is 28.3. The first kappa shape index (κ1) is 19.1. The van der Waals surface area contributed by atoms with E-state index in [2.05, 4.69) is 26.5 Å². The molecule has 140 valence electrons. The summed E-state index contributed by atoms with van der Waals surface area (Å²) in [7, 11) is -3.80. The predicted molar refractivity (Wildman–Crippen MR) is 108 cm³/mol. The van der Waals surface area contributed by atoms with E-state index in [0.29, 0.717) is 22.2 Å². The van der Waals surface area contributed by atoms with E-state index in [-0.39, 0.29) is 4.90 Å². The Labute approximate surface area is 165 Å². The molecule has 0 fully saturated rings. The summed E-state index contributed by atoms with van der Waals surface area (Å²) in [6, 6.07) is 11.1. The number of nitrogens with two attached hydrogens (primary N) is 1. The minimum atomic E-state index is -3.80. The summed E-state index contributed by atoms with van der Waals surface area (Å²) in [6.07, 6.45) is 1.49. The third-order valence-corrected chi connectivity index (χ3v) is 6.22. The number of carbonyl (C=O) groups excluding carboxylic acids is 1. The minimum Gasteiger partial charge on any atom is -0.350 e. The molecule has 7 nitrogen and oxygen atoms in total. The fourth-order valence-corrected chi connectivity index (χ4v) is 4.41. The molecule has 3 aromatic rings. The van der Waals surface area contributed by atoms with E-state index in [9.17, 15) is 13.2 Å². The van der Waals surface area contributed by atoms with Gasteiger partial charge in [0.25, 0.3) is 10.0 Å². The Morgan fingerprint density at radius 1 is 1.19 bits per heavy atom. The SMILES string of the molecule is C/C(=N/NC(N)=O)c1cn(S(=O)(=O)c2ccc(C)cc2)c2ccc(Br)cc12. The van der Waals surface area contributed by atoms with Gasteiger partial charge in [-0.2, -0.15) is 5.10 Å². The van der Waals surface area contributed by atoms with Crippen LogP contribution >= 0.6 is 15.9 Å². The fourth-order valence-electron chi connectivity index (χ4n) is 2.68. The maximum absolute atomic E-state index is 13.2. The highest BCUT2D eigenvalue weighted by molar-refractivity contribution is 9.10. The first-order valence-corrected chi connectivity index (χ1v) is 10.2. The van der Waals surface area contributed by atoms with E-state index >= 15 is 0 Å². The molecule has 0 spiro atoms. The van der Waals surface area contributed by atoms with Crippen molar-refractivity contribution in [1.82, 2.24) is 9.40 Å². The number of primary amides is 1. The van der Waals surface area contributed by atoms with Crippen LogP contribution in [-0.2, 0) is 10.0 Å². The van der Waals surface area contributed by atoms with Crippen LogP contribution in [0.4, 0.5) is 4.79 Å². The molecule has 0 aliphatic heterocycles. The van der Waals surface area contributed by atoms with Gasteiger partial charge in [-0.15, -0.1) is 0 Å². The highest BCUT2D eigenvalue weighted by Gasteiger charge is 2.22. The maximum atomic E-state index is 13.2. The summed E-state index contributed by atoms with van der Waals surface area (Å²) in [5, 5.41) is 4.60. The van der Waals surface area contributed by atoms with Crippen molar-refractivity contribution in [3.63, 3.8) is 0 Å². The van der Waals surface area contributed by atoms with Crippen molar-refractivity contribution in [2.24, 2.45) is 10.8 Å².